The lowest BCUT2D eigenvalue weighted by Gasteiger charge is -2.38. The number of carbonyl (C=O) groups excluding carboxylic acids is 1. The zero-order valence-corrected chi connectivity index (χ0v) is 15.7. The molecule has 2 aromatic rings. The van der Waals surface area contributed by atoms with Crippen molar-refractivity contribution in [3.8, 4) is 11.5 Å². The molecular weight excluding hydrogens is 340 g/mol. The van der Waals surface area contributed by atoms with Crippen molar-refractivity contribution in [2.24, 2.45) is 16.9 Å². The van der Waals surface area contributed by atoms with Crippen molar-refractivity contribution in [1.82, 2.24) is 0 Å². The van der Waals surface area contributed by atoms with Gasteiger partial charge in [0.15, 0.2) is 11.5 Å². The Morgan fingerprint density at radius 3 is 2.33 bits per heavy atom. The minimum atomic E-state index is -0.0143. The number of carbonyl (C=O) groups is 1. The minimum Gasteiger partial charge on any atom is -0.493 e. The van der Waals surface area contributed by atoms with Crippen LogP contribution >= 0.6 is 0 Å². The van der Waals surface area contributed by atoms with E-state index in [0.717, 1.165) is 42.6 Å². The lowest BCUT2D eigenvalue weighted by Crippen LogP contribution is -2.46. The Hall–Kier alpha value is -2.82. The number of hydrazone groups is 1. The predicted molar refractivity (Wildman–Crippen MR) is 105 cm³/mol. The lowest BCUT2D eigenvalue weighted by molar-refractivity contribution is -0.124. The van der Waals surface area contributed by atoms with Gasteiger partial charge in [0.2, 0.25) is 0 Å². The summed E-state index contributed by atoms with van der Waals surface area (Å²) in [4.78, 5) is 13.1. The molecule has 27 heavy (non-hydrogen) atoms. The maximum Gasteiger partial charge on any atom is 0.251 e. The maximum absolute atomic E-state index is 13.1. The molecular formula is C22H24N2O3. The third-order valence-corrected chi connectivity index (χ3v) is 5.53. The second kappa shape index (κ2) is 7.43. The number of rotatable bonds is 4. The third kappa shape index (κ3) is 3.18. The summed E-state index contributed by atoms with van der Waals surface area (Å²) < 4.78 is 10.8. The molecule has 1 heterocycles. The van der Waals surface area contributed by atoms with E-state index in [2.05, 4.69) is 0 Å². The summed E-state index contributed by atoms with van der Waals surface area (Å²) >= 11 is 0. The smallest absolute Gasteiger partial charge is 0.251 e. The molecule has 1 aliphatic carbocycles. The van der Waals surface area contributed by atoms with Gasteiger partial charge in [-0.1, -0.05) is 31.0 Å². The number of ether oxygens (including phenoxy) is 2. The molecule has 5 heteroatoms. The SMILES string of the molecule is COc1ccc(C2=NN(c3ccccc3)C(=O)[C@@H]3CCCC[C@@H]23)cc1OC. The molecule has 2 aromatic carbocycles. The van der Waals surface area contributed by atoms with E-state index in [9.17, 15) is 4.79 Å². The Balaban J connectivity index is 1.81. The fourth-order valence-corrected chi connectivity index (χ4v) is 4.16. The van der Waals surface area contributed by atoms with E-state index in [-0.39, 0.29) is 17.7 Å². The van der Waals surface area contributed by atoms with Crippen LogP contribution in [0.25, 0.3) is 0 Å². The van der Waals surface area contributed by atoms with Crippen molar-refractivity contribution >= 4 is 17.3 Å². The van der Waals surface area contributed by atoms with Crippen LogP contribution in [0.15, 0.2) is 53.6 Å². The minimum absolute atomic E-state index is 0.0143. The van der Waals surface area contributed by atoms with E-state index < -0.39 is 0 Å². The quantitative estimate of drug-likeness (QED) is 0.814. The first-order chi connectivity index (χ1) is 13.2. The van der Waals surface area contributed by atoms with Crippen LogP contribution in [0.4, 0.5) is 5.69 Å². The number of anilines is 1. The number of fused-ring (bicyclic) bond motifs is 1. The fourth-order valence-electron chi connectivity index (χ4n) is 4.16. The highest BCUT2D eigenvalue weighted by Gasteiger charge is 2.41. The summed E-state index contributed by atoms with van der Waals surface area (Å²) in [6, 6.07) is 15.5. The van der Waals surface area contributed by atoms with Crippen molar-refractivity contribution in [3.05, 3.63) is 54.1 Å². The molecule has 5 nitrogen and oxygen atoms in total. The van der Waals surface area contributed by atoms with Crippen molar-refractivity contribution in [2.75, 3.05) is 19.2 Å². The Bertz CT molecular complexity index is 863. The van der Waals surface area contributed by atoms with Gasteiger partial charge in [0, 0.05) is 17.4 Å². The van der Waals surface area contributed by atoms with E-state index in [4.69, 9.17) is 14.6 Å². The first-order valence-corrected chi connectivity index (χ1v) is 9.43. The molecule has 0 aromatic heterocycles. The van der Waals surface area contributed by atoms with Gasteiger partial charge < -0.3 is 9.47 Å². The normalized spacial score (nSPS) is 22.1. The van der Waals surface area contributed by atoms with Crippen LogP contribution in [0.5, 0.6) is 11.5 Å². The largest absolute Gasteiger partial charge is 0.493 e. The molecule has 1 amide bonds. The number of para-hydroxylation sites is 1. The van der Waals surface area contributed by atoms with Crippen molar-refractivity contribution in [2.45, 2.75) is 25.7 Å². The molecule has 2 atom stereocenters. The number of nitrogens with zero attached hydrogens (tertiary/aromatic N) is 2. The van der Waals surface area contributed by atoms with E-state index >= 15 is 0 Å². The van der Waals surface area contributed by atoms with Gasteiger partial charge in [-0.3, -0.25) is 4.79 Å². The number of methoxy groups -OCH3 is 2. The lowest BCUT2D eigenvalue weighted by atomic mass is 9.73. The second-order valence-electron chi connectivity index (χ2n) is 7.04. The number of amides is 1. The van der Waals surface area contributed by atoms with Gasteiger partial charge >= 0.3 is 0 Å². The van der Waals surface area contributed by atoms with E-state index in [0.29, 0.717) is 11.5 Å². The van der Waals surface area contributed by atoms with Crippen LogP contribution in [0.1, 0.15) is 31.2 Å². The Kier molecular flexibility index (Phi) is 4.84. The summed E-state index contributed by atoms with van der Waals surface area (Å²) in [7, 11) is 3.26. The first-order valence-electron chi connectivity index (χ1n) is 9.43. The second-order valence-corrected chi connectivity index (χ2v) is 7.04. The van der Waals surface area contributed by atoms with Crippen molar-refractivity contribution in [1.29, 1.82) is 0 Å². The van der Waals surface area contributed by atoms with Crippen LogP contribution < -0.4 is 14.5 Å². The van der Waals surface area contributed by atoms with Gasteiger partial charge in [0.25, 0.3) is 5.91 Å². The summed E-state index contributed by atoms with van der Waals surface area (Å²) in [6.07, 6.45) is 4.13. The van der Waals surface area contributed by atoms with Crippen LogP contribution in [0, 0.1) is 11.8 Å². The highest BCUT2D eigenvalue weighted by Crippen LogP contribution is 2.40. The molecule has 0 radical (unpaired) electrons. The summed E-state index contributed by atoms with van der Waals surface area (Å²) in [6.45, 7) is 0. The zero-order chi connectivity index (χ0) is 18.8. The number of benzene rings is 2. The molecule has 0 N–H and O–H groups in total. The summed E-state index contributed by atoms with van der Waals surface area (Å²) in [5.41, 5.74) is 2.76. The topological polar surface area (TPSA) is 51.1 Å². The van der Waals surface area contributed by atoms with Crippen LogP contribution in [-0.2, 0) is 4.79 Å². The molecule has 2 aliphatic rings. The molecule has 4 rings (SSSR count). The monoisotopic (exact) mass is 364 g/mol. The number of hydrogen-bond donors (Lipinski definition) is 0. The van der Waals surface area contributed by atoms with Gasteiger partial charge in [0.1, 0.15) is 0 Å². The molecule has 1 aliphatic heterocycles. The molecule has 1 fully saturated rings. The molecule has 0 bridgehead atoms. The van der Waals surface area contributed by atoms with E-state index in [1.165, 1.54) is 0 Å². The summed E-state index contributed by atoms with van der Waals surface area (Å²) in [5, 5.41) is 6.40. The first kappa shape index (κ1) is 17.6. The van der Waals surface area contributed by atoms with Gasteiger partial charge in [-0.25, -0.2) is 5.01 Å². The van der Waals surface area contributed by atoms with E-state index in [1.807, 2.05) is 48.5 Å². The average molecular weight is 364 g/mol. The Morgan fingerprint density at radius 1 is 0.926 bits per heavy atom. The molecule has 0 saturated heterocycles. The molecule has 0 spiro atoms. The Labute approximate surface area is 159 Å². The van der Waals surface area contributed by atoms with Crippen molar-refractivity contribution < 1.29 is 14.3 Å². The highest BCUT2D eigenvalue weighted by molar-refractivity contribution is 6.11. The summed E-state index contributed by atoms with van der Waals surface area (Å²) in [5.74, 6) is 1.61. The van der Waals surface area contributed by atoms with Gasteiger partial charge in [-0.15, -0.1) is 0 Å². The molecule has 0 unspecified atom stereocenters. The average Bonchev–Trinajstić information content (AvgIpc) is 2.74. The zero-order valence-electron chi connectivity index (χ0n) is 15.7. The van der Waals surface area contributed by atoms with Gasteiger partial charge in [-0.2, -0.15) is 5.10 Å². The molecule has 140 valence electrons. The Morgan fingerprint density at radius 2 is 1.63 bits per heavy atom. The highest BCUT2D eigenvalue weighted by atomic mass is 16.5. The maximum atomic E-state index is 13.1. The van der Waals surface area contributed by atoms with Crippen LogP contribution in [-0.4, -0.2) is 25.8 Å². The standard InChI is InChI=1S/C22H24N2O3/c1-26-19-13-12-15(14-20(19)27-2)21-17-10-6-7-11-18(17)22(25)24(23-21)16-8-4-3-5-9-16/h3-5,8-9,12-14,17-18H,6-7,10-11H2,1-2H3/t17-,18-/m1/s1. The molecule has 1 saturated carbocycles. The predicted octanol–water partition coefficient (Wildman–Crippen LogP) is 4.26. The fraction of sp³-hybridized carbons (Fsp3) is 0.364. The van der Waals surface area contributed by atoms with Crippen molar-refractivity contribution in [3.63, 3.8) is 0 Å². The third-order valence-electron chi connectivity index (χ3n) is 5.53. The van der Waals surface area contributed by atoms with Crippen LogP contribution in [0.3, 0.4) is 0 Å². The van der Waals surface area contributed by atoms with Gasteiger partial charge in [0.05, 0.1) is 25.6 Å². The van der Waals surface area contributed by atoms with E-state index in [1.54, 1.807) is 19.2 Å². The van der Waals surface area contributed by atoms with Gasteiger partial charge in [-0.05, 0) is 43.2 Å². The van der Waals surface area contributed by atoms with Crippen LogP contribution in [0.2, 0.25) is 0 Å². The number of hydrogen-bond acceptors (Lipinski definition) is 4.